The summed E-state index contributed by atoms with van der Waals surface area (Å²) in [5, 5.41) is 3.16. The zero-order valence-corrected chi connectivity index (χ0v) is 13.3. The summed E-state index contributed by atoms with van der Waals surface area (Å²) < 4.78 is 0.952. The normalized spacial score (nSPS) is 25.3. The average Bonchev–Trinajstić information content (AvgIpc) is 2.33. The minimum atomic E-state index is 0.611. The first-order valence-corrected chi connectivity index (χ1v) is 7.71. The van der Waals surface area contributed by atoms with Crippen LogP contribution in [0.1, 0.15) is 38.7 Å². The molecule has 0 aromatic heterocycles. The summed E-state index contributed by atoms with van der Waals surface area (Å²) in [6.07, 6.45) is 3.89. The maximum atomic E-state index is 6.10. The summed E-state index contributed by atoms with van der Waals surface area (Å²) in [5.41, 5.74) is 4.76. The molecule has 1 aliphatic heterocycles. The number of piperidine rings is 1. The number of benzene rings is 1. The maximum Gasteiger partial charge on any atom is 0.0551 e. The third-order valence-electron chi connectivity index (χ3n) is 3.64. The van der Waals surface area contributed by atoms with Crippen molar-refractivity contribution in [3.8, 4) is 0 Å². The highest BCUT2D eigenvalue weighted by Crippen LogP contribution is 2.24. The van der Waals surface area contributed by atoms with Gasteiger partial charge in [0.05, 0.1) is 5.02 Å². The Morgan fingerprint density at radius 3 is 2.61 bits per heavy atom. The molecular formula is C14H20BrClN2. The van der Waals surface area contributed by atoms with Crippen LogP contribution < -0.4 is 5.43 Å². The Morgan fingerprint density at radius 1 is 1.33 bits per heavy atom. The van der Waals surface area contributed by atoms with Crippen LogP contribution in [0.4, 0.5) is 0 Å². The third-order valence-corrected chi connectivity index (χ3v) is 4.88. The van der Waals surface area contributed by atoms with E-state index >= 15 is 0 Å². The van der Waals surface area contributed by atoms with Gasteiger partial charge in [0.25, 0.3) is 0 Å². The summed E-state index contributed by atoms with van der Waals surface area (Å²) in [6, 6.07) is 7.34. The van der Waals surface area contributed by atoms with Crippen molar-refractivity contribution in [2.75, 3.05) is 0 Å². The molecule has 0 amide bonds. The van der Waals surface area contributed by atoms with E-state index in [1.165, 1.54) is 24.8 Å². The van der Waals surface area contributed by atoms with Gasteiger partial charge in [0.15, 0.2) is 0 Å². The molecule has 1 N–H and O–H groups in total. The van der Waals surface area contributed by atoms with Gasteiger partial charge in [0.2, 0.25) is 0 Å². The number of hydrogen-bond acceptors (Lipinski definition) is 2. The molecule has 100 valence electrons. The molecule has 1 saturated heterocycles. The standard InChI is InChI=1S/C14H20BrClN2/c1-10-4-3-5-11(2)18(10)17-9-12-6-7-13(15)14(16)8-12/h6-8,10-11,17H,3-5,9H2,1-2H3. The second kappa shape index (κ2) is 6.38. The second-order valence-corrected chi connectivity index (χ2v) is 6.38. The molecular weight excluding hydrogens is 312 g/mol. The summed E-state index contributed by atoms with van der Waals surface area (Å²) >= 11 is 9.52. The number of hydrazine groups is 1. The van der Waals surface area contributed by atoms with Crippen molar-refractivity contribution in [1.82, 2.24) is 10.4 Å². The van der Waals surface area contributed by atoms with E-state index in [4.69, 9.17) is 11.6 Å². The van der Waals surface area contributed by atoms with E-state index in [0.29, 0.717) is 12.1 Å². The fourth-order valence-electron chi connectivity index (χ4n) is 2.57. The molecule has 0 aliphatic carbocycles. The molecule has 18 heavy (non-hydrogen) atoms. The monoisotopic (exact) mass is 330 g/mol. The highest BCUT2D eigenvalue weighted by Gasteiger charge is 2.24. The van der Waals surface area contributed by atoms with Crippen molar-refractivity contribution < 1.29 is 0 Å². The minimum Gasteiger partial charge on any atom is -0.250 e. The molecule has 0 spiro atoms. The van der Waals surface area contributed by atoms with Crippen molar-refractivity contribution in [2.24, 2.45) is 0 Å². The maximum absolute atomic E-state index is 6.10. The van der Waals surface area contributed by atoms with E-state index in [2.05, 4.69) is 46.3 Å². The fraction of sp³-hybridized carbons (Fsp3) is 0.571. The number of halogens is 2. The Kier molecular flexibility index (Phi) is 5.07. The van der Waals surface area contributed by atoms with E-state index in [-0.39, 0.29) is 0 Å². The van der Waals surface area contributed by atoms with Gasteiger partial charge in [-0.1, -0.05) is 24.1 Å². The second-order valence-electron chi connectivity index (χ2n) is 5.12. The number of hydrogen-bond donors (Lipinski definition) is 1. The molecule has 1 aliphatic rings. The first-order valence-electron chi connectivity index (χ1n) is 6.53. The van der Waals surface area contributed by atoms with E-state index in [9.17, 15) is 0 Å². The lowest BCUT2D eigenvalue weighted by Crippen LogP contribution is -2.51. The predicted octanol–water partition coefficient (Wildman–Crippen LogP) is 4.37. The summed E-state index contributed by atoms with van der Waals surface area (Å²) in [7, 11) is 0. The quantitative estimate of drug-likeness (QED) is 0.884. The van der Waals surface area contributed by atoms with Gasteiger partial charge in [-0.25, -0.2) is 5.01 Å². The molecule has 2 nitrogen and oxygen atoms in total. The largest absolute Gasteiger partial charge is 0.250 e. The van der Waals surface area contributed by atoms with Gasteiger partial charge >= 0.3 is 0 Å². The molecule has 1 aromatic carbocycles. The van der Waals surface area contributed by atoms with Gasteiger partial charge in [-0.3, -0.25) is 5.43 Å². The SMILES string of the molecule is CC1CCCC(C)N1NCc1ccc(Br)c(Cl)c1. The number of nitrogens with zero attached hydrogens (tertiary/aromatic N) is 1. The highest BCUT2D eigenvalue weighted by atomic mass is 79.9. The molecule has 1 fully saturated rings. The Bertz CT molecular complexity index is 401. The Hall–Kier alpha value is -0.0900. The zero-order valence-electron chi connectivity index (χ0n) is 10.9. The van der Waals surface area contributed by atoms with Gasteiger partial charge in [-0.05, 0) is 60.3 Å². The van der Waals surface area contributed by atoms with Crippen molar-refractivity contribution in [1.29, 1.82) is 0 Å². The van der Waals surface area contributed by atoms with Crippen LogP contribution in [0.2, 0.25) is 5.02 Å². The van der Waals surface area contributed by atoms with Crippen LogP contribution in [0.25, 0.3) is 0 Å². The van der Waals surface area contributed by atoms with Crippen LogP contribution in [0.5, 0.6) is 0 Å². The van der Waals surface area contributed by atoms with Crippen molar-refractivity contribution in [3.63, 3.8) is 0 Å². The van der Waals surface area contributed by atoms with Crippen LogP contribution in [0, 0.1) is 0 Å². The predicted molar refractivity (Wildman–Crippen MR) is 80.6 cm³/mol. The third kappa shape index (κ3) is 3.47. The molecule has 0 saturated carbocycles. The van der Waals surface area contributed by atoms with Crippen LogP contribution in [-0.4, -0.2) is 17.1 Å². The fourth-order valence-corrected chi connectivity index (χ4v) is 3.01. The van der Waals surface area contributed by atoms with Crippen LogP contribution in [0.3, 0.4) is 0 Å². The molecule has 0 radical (unpaired) electrons. The summed E-state index contributed by atoms with van der Waals surface area (Å²) in [6.45, 7) is 5.41. The molecule has 2 atom stereocenters. The Balaban J connectivity index is 1.95. The Morgan fingerprint density at radius 2 is 2.00 bits per heavy atom. The first-order chi connectivity index (χ1) is 8.58. The first kappa shape index (κ1) is 14.3. The van der Waals surface area contributed by atoms with Gasteiger partial charge < -0.3 is 0 Å². The summed E-state index contributed by atoms with van der Waals surface area (Å²) in [5.74, 6) is 0. The molecule has 1 heterocycles. The highest BCUT2D eigenvalue weighted by molar-refractivity contribution is 9.10. The van der Waals surface area contributed by atoms with Gasteiger partial charge in [-0.15, -0.1) is 0 Å². The molecule has 4 heteroatoms. The van der Waals surface area contributed by atoms with Gasteiger partial charge in [-0.2, -0.15) is 0 Å². The number of rotatable bonds is 3. The molecule has 2 rings (SSSR count). The molecule has 0 bridgehead atoms. The van der Waals surface area contributed by atoms with E-state index in [0.717, 1.165) is 16.0 Å². The lowest BCUT2D eigenvalue weighted by Gasteiger charge is -2.39. The smallest absolute Gasteiger partial charge is 0.0551 e. The lowest BCUT2D eigenvalue weighted by atomic mass is 10.00. The van der Waals surface area contributed by atoms with E-state index < -0.39 is 0 Å². The van der Waals surface area contributed by atoms with E-state index in [1.807, 2.05) is 12.1 Å². The number of nitrogens with one attached hydrogen (secondary N) is 1. The van der Waals surface area contributed by atoms with Gasteiger partial charge in [0, 0.05) is 23.1 Å². The molecule has 2 unspecified atom stereocenters. The summed E-state index contributed by atoms with van der Waals surface area (Å²) in [4.78, 5) is 0. The topological polar surface area (TPSA) is 15.3 Å². The molecule has 1 aromatic rings. The minimum absolute atomic E-state index is 0.611. The van der Waals surface area contributed by atoms with Crippen molar-refractivity contribution in [3.05, 3.63) is 33.3 Å². The van der Waals surface area contributed by atoms with Crippen LogP contribution in [0.15, 0.2) is 22.7 Å². The van der Waals surface area contributed by atoms with Crippen LogP contribution in [-0.2, 0) is 6.54 Å². The van der Waals surface area contributed by atoms with Crippen molar-refractivity contribution >= 4 is 27.5 Å². The van der Waals surface area contributed by atoms with Gasteiger partial charge in [0.1, 0.15) is 0 Å². The zero-order chi connectivity index (χ0) is 13.1. The van der Waals surface area contributed by atoms with Crippen LogP contribution >= 0.6 is 27.5 Å². The van der Waals surface area contributed by atoms with E-state index in [1.54, 1.807) is 0 Å². The average molecular weight is 332 g/mol. The lowest BCUT2D eigenvalue weighted by molar-refractivity contribution is 0.0435. The Labute approximate surface area is 123 Å². The van der Waals surface area contributed by atoms with Crippen molar-refractivity contribution in [2.45, 2.75) is 51.7 Å².